The summed E-state index contributed by atoms with van der Waals surface area (Å²) in [5, 5.41) is 8.27. The van der Waals surface area contributed by atoms with E-state index in [1.54, 1.807) is 7.11 Å². The zero-order valence-electron chi connectivity index (χ0n) is 12.3. The molecule has 0 bridgehead atoms. The van der Waals surface area contributed by atoms with Crippen LogP contribution in [0.1, 0.15) is 50.8 Å². The van der Waals surface area contributed by atoms with Crippen molar-refractivity contribution in [1.29, 1.82) is 0 Å². The van der Waals surface area contributed by atoms with Crippen molar-refractivity contribution in [1.82, 2.24) is 15.1 Å². The van der Waals surface area contributed by atoms with Crippen LogP contribution in [0, 0.1) is 0 Å². The van der Waals surface area contributed by atoms with Crippen molar-refractivity contribution in [2.24, 2.45) is 0 Å². The lowest BCUT2D eigenvalue weighted by atomic mass is 10.1. The number of methoxy groups -OCH3 is 1. The molecule has 1 saturated carbocycles. The van der Waals surface area contributed by atoms with Crippen LogP contribution in [0.2, 0.25) is 0 Å². The van der Waals surface area contributed by atoms with E-state index in [1.807, 2.05) is 0 Å². The van der Waals surface area contributed by atoms with E-state index >= 15 is 0 Å². The molecule has 108 valence electrons. The molecule has 2 rings (SSSR count). The monoisotopic (exact) mass is 265 g/mol. The zero-order chi connectivity index (χ0) is 13.5. The Kier molecular flexibility index (Phi) is 5.86. The van der Waals surface area contributed by atoms with Gasteiger partial charge in [0.05, 0.1) is 11.7 Å². The summed E-state index contributed by atoms with van der Waals surface area (Å²) < 4.78 is 7.36. The highest BCUT2D eigenvalue weighted by atomic mass is 16.5. The molecule has 0 aromatic carbocycles. The predicted octanol–water partition coefficient (Wildman–Crippen LogP) is 2.56. The number of nitrogens with one attached hydrogen (secondary N) is 1. The zero-order valence-corrected chi connectivity index (χ0v) is 12.3. The summed E-state index contributed by atoms with van der Waals surface area (Å²) in [7, 11) is 1.76. The van der Waals surface area contributed by atoms with Gasteiger partial charge in [-0.15, -0.1) is 0 Å². The molecule has 4 nitrogen and oxygen atoms in total. The molecular formula is C15H27N3O. The van der Waals surface area contributed by atoms with E-state index in [2.05, 4.69) is 29.2 Å². The molecule has 1 fully saturated rings. The predicted molar refractivity (Wildman–Crippen MR) is 77.4 cm³/mol. The molecule has 1 aliphatic carbocycles. The molecule has 1 heterocycles. The highest BCUT2D eigenvalue weighted by Crippen LogP contribution is 2.28. The molecule has 1 aromatic rings. The lowest BCUT2D eigenvalue weighted by Gasteiger charge is -2.16. The molecular weight excluding hydrogens is 238 g/mol. The van der Waals surface area contributed by atoms with Crippen molar-refractivity contribution < 1.29 is 4.74 Å². The molecule has 1 N–H and O–H groups in total. The molecule has 1 aliphatic rings. The van der Waals surface area contributed by atoms with Crippen LogP contribution in [0.4, 0.5) is 0 Å². The minimum absolute atomic E-state index is 0.469. The molecule has 1 unspecified atom stereocenters. The van der Waals surface area contributed by atoms with Gasteiger partial charge in [0, 0.05) is 32.4 Å². The second kappa shape index (κ2) is 7.65. The normalized spacial score (nSPS) is 18.0. The Balaban J connectivity index is 1.89. The Hall–Kier alpha value is -0.870. The van der Waals surface area contributed by atoms with Gasteiger partial charge in [0.15, 0.2) is 0 Å². The first-order valence-electron chi connectivity index (χ1n) is 7.59. The fourth-order valence-electron chi connectivity index (χ4n) is 2.94. The number of hydrogen-bond acceptors (Lipinski definition) is 3. The van der Waals surface area contributed by atoms with Crippen LogP contribution in [0.15, 0.2) is 12.3 Å². The van der Waals surface area contributed by atoms with Gasteiger partial charge in [-0.3, -0.25) is 4.68 Å². The van der Waals surface area contributed by atoms with E-state index in [4.69, 9.17) is 9.84 Å². The standard InChI is InChI=1S/C15H27N3O/c1-3-16-13(9-11-19-2)12-14-8-10-18(17-14)15-6-4-5-7-15/h8,10,13,15-16H,3-7,9,11-12H2,1-2H3. The van der Waals surface area contributed by atoms with E-state index in [1.165, 1.54) is 31.4 Å². The maximum absolute atomic E-state index is 5.18. The van der Waals surface area contributed by atoms with E-state index in [9.17, 15) is 0 Å². The van der Waals surface area contributed by atoms with Gasteiger partial charge in [-0.1, -0.05) is 19.8 Å². The molecule has 0 saturated heterocycles. The van der Waals surface area contributed by atoms with Crippen molar-refractivity contribution in [3.63, 3.8) is 0 Å². The van der Waals surface area contributed by atoms with Crippen molar-refractivity contribution in [2.75, 3.05) is 20.3 Å². The Labute approximate surface area is 116 Å². The third-order valence-corrected chi connectivity index (χ3v) is 3.98. The maximum Gasteiger partial charge on any atom is 0.0640 e. The smallest absolute Gasteiger partial charge is 0.0640 e. The van der Waals surface area contributed by atoms with Gasteiger partial charge in [0.25, 0.3) is 0 Å². The average Bonchev–Trinajstić information content (AvgIpc) is 3.06. The first-order chi connectivity index (χ1) is 9.33. The highest BCUT2D eigenvalue weighted by molar-refractivity contribution is 5.02. The number of ether oxygens (including phenoxy) is 1. The summed E-state index contributed by atoms with van der Waals surface area (Å²) in [5.74, 6) is 0. The Morgan fingerprint density at radius 3 is 2.95 bits per heavy atom. The minimum atomic E-state index is 0.469. The summed E-state index contributed by atoms with van der Waals surface area (Å²) >= 11 is 0. The largest absolute Gasteiger partial charge is 0.385 e. The third kappa shape index (κ3) is 4.32. The summed E-state index contributed by atoms with van der Waals surface area (Å²) in [6.07, 6.45) is 9.49. The Bertz CT molecular complexity index is 358. The van der Waals surface area contributed by atoms with Crippen molar-refractivity contribution in [3.8, 4) is 0 Å². The quantitative estimate of drug-likeness (QED) is 0.785. The van der Waals surface area contributed by atoms with E-state index in [0.717, 1.165) is 26.0 Å². The maximum atomic E-state index is 5.18. The van der Waals surface area contributed by atoms with E-state index < -0.39 is 0 Å². The number of aromatic nitrogens is 2. The number of hydrogen-bond donors (Lipinski definition) is 1. The van der Waals surface area contributed by atoms with Crippen LogP contribution < -0.4 is 5.32 Å². The van der Waals surface area contributed by atoms with Gasteiger partial charge in [0.1, 0.15) is 0 Å². The van der Waals surface area contributed by atoms with Crippen LogP contribution in [0.5, 0.6) is 0 Å². The van der Waals surface area contributed by atoms with Crippen LogP contribution >= 0.6 is 0 Å². The number of rotatable bonds is 8. The molecule has 1 atom stereocenters. The molecule has 19 heavy (non-hydrogen) atoms. The molecule has 4 heteroatoms. The first kappa shape index (κ1) is 14.5. The molecule has 0 aliphatic heterocycles. The van der Waals surface area contributed by atoms with Gasteiger partial charge in [0.2, 0.25) is 0 Å². The summed E-state index contributed by atoms with van der Waals surface area (Å²) in [6.45, 7) is 3.95. The van der Waals surface area contributed by atoms with Crippen LogP contribution in [-0.4, -0.2) is 36.1 Å². The van der Waals surface area contributed by atoms with Crippen molar-refractivity contribution in [2.45, 2.75) is 57.5 Å². The Morgan fingerprint density at radius 1 is 1.47 bits per heavy atom. The summed E-state index contributed by atoms with van der Waals surface area (Å²) in [4.78, 5) is 0. The van der Waals surface area contributed by atoms with Crippen LogP contribution in [-0.2, 0) is 11.2 Å². The lowest BCUT2D eigenvalue weighted by molar-refractivity contribution is 0.182. The topological polar surface area (TPSA) is 39.1 Å². The molecule has 0 spiro atoms. The van der Waals surface area contributed by atoms with E-state index in [-0.39, 0.29) is 0 Å². The number of nitrogens with zero attached hydrogens (tertiary/aromatic N) is 2. The van der Waals surface area contributed by atoms with Gasteiger partial charge >= 0.3 is 0 Å². The van der Waals surface area contributed by atoms with Crippen LogP contribution in [0.3, 0.4) is 0 Å². The van der Waals surface area contributed by atoms with Crippen molar-refractivity contribution >= 4 is 0 Å². The minimum Gasteiger partial charge on any atom is -0.385 e. The fourth-order valence-corrected chi connectivity index (χ4v) is 2.94. The summed E-state index contributed by atoms with van der Waals surface area (Å²) in [5.41, 5.74) is 1.20. The van der Waals surface area contributed by atoms with Crippen molar-refractivity contribution in [3.05, 3.63) is 18.0 Å². The molecule has 0 radical (unpaired) electrons. The Morgan fingerprint density at radius 2 is 2.26 bits per heavy atom. The molecule has 1 aromatic heterocycles. The average molecular weight is 265 g/mol. The fraction of sp³-hybridized carbons (Fsp3) is 0.800. The summed E-state index contributed by atoms with van der Waals surface area (Å²) in [6, 6.07) is 3.29. The molecule has 0 amide bonds. The van der Waals surface area contributed by atoms with Gasteiger partial charge < -0.3 is 10.1 Å². The number of likely N-dealkylation sites (N-methyl/N-ethyl adjacent to an activating group) is 1. The highest BCUT2D eigenvalue weighted by Gasteiger charge is 2.18. The third-order valence-electron chi connectivity index (χ3n) is 3.98. The first-order valence-corrected chi connectivity index (χ1v) is 7.59. The van der Waals surface area contributed by atoms with Crippen LogP contribution in [0.25, 0.3) is 0 Å². The van der Waals surface area contributed by atoms with E-state index in [0.29, 0.717) is 12.1 Å². The SMILES string of the molecule is CCNC(CCOC)Cc1ccn(C2CCCC2)n1. The van der Waals surface area contributed by atoms with Gasteiger partial charge in [-0.25, -0.2) is 0 Å². The van der Waals surface area contributed by atoms with Gasteiger partial charge in [-0.05, 0) is 31.9 Å². The second-order valence-electron chi connectivity index (χ2n) is 5.47. The van der Waals surface area contributed by atoms with Gasteiger partial charge in [-0.2, -0.15) is 5.10 Å². The lowest BCUT2D eigenvalue weighted by Crippen LogP contribution is -2.32. The second-order valence-corrected chi connectivity index (χ2v) is 5.47.